The molecule has 0 aliphatic carbocycles. The van der Waals surface area contributed by atoms with Crippen molar-refractivity contribution in [3.8, 4) is 0 Å². The van der Waals surface area contributed by atoms with Gasteiger partial charge < -0.3 is 0 Å². The van der Waals surface area contributed by atoms with Gasteiger partial charge in [0.2, 0.25) is 0 Å². The van der Waals surface area contributed by atoms with Crippen LogP contribution in [0.3, 0.4) is 0 Å². The zero-order valence-corrected chi connectivity index (χ0v) is 10.1. The fraction of sp³-hybridized carbons (Fsp3) is 0.0909. The van der Waals surface area contributed by atoms with Gasteiger partial charge in [0.25, 0.3) is 0 Å². The molecular weight excluding hydrogens is 291 g/mol. The maximum atomic E-state index is 3.77. The van der Waals surface area contributed by atoms with Crippen LogP contribution in [-0.4, -0.2) is 0 Å². The highest BCUT2D eigenvalue weighted by molar-refractivity contribution is 14.1. The Morgan fingerprint density at radius 1 is 1.38 bits per heavy atom. The van der Waals surface area contributed by atoms with Crippen LogP contribution < -0.4 is 0 Å². The molecule has 2 rings (SSSR count). The van der Waals surface area contributed by atoms with E-state index in [-0.39, 0.29) is 0 Å². The molecule has 2 heteroatoms. The molecular formula is C11H9IS. The van der Waals surface area contributed by atoms with Crippen molar-refractivity contribution in [2.45, 2.75) is 6.42 Å². The van der Waals surface area contributed by atoms with Crippen molar-refractivity contribution in [3.63, 3.8) is 0 Å². The van der Waals surface area contributed by atoms with Crippen LogP contribution in [0.1, 0.15) is 4.88 Å². The van der Waals surface area contributed by atoms with Crippen LogP contribution in [0.5, 0.6) is 0 Å². The van der Waals surface area contributed by atoms with Gasteiger partial charge in [0.15, 0.2) is 0 Å². The van der Waals surface area contributed by atoms with Crippen molar-refractivity contribution in [1.29, 1.82) is 0 Å². The maximum Gasteiger partial charge on any atom is 0.0356 e. The van der Waals surface area contributed by atoms with E-state index < -0.39 is 0 Å². The van der Waals surface area contributed by atoms with Crippen LogP contribution in [0.15, 0.2) is 36.9 Å². The molecule has 0 aliphatic rings. The maximum absolute atomic E-state index is 3.77. The van der Waals surface area contributed by atoms with Crippen molar-refractivity contribution in [2.24, 2.45) is 0 Å². The summed E-state index contributed by atoms with van der Waals surface area (Å²) in [7, 11) is 0. The van der Waals surface area contributed by atoms with E-state index in [9.17, 15) is 0 Å². The molecule has 0 N–H and O–H groups in total. The van der Waals surface area contributed by atoms with Crippen LogP contribution in [0.25, 0.3) is 10.1 Å². The predicted octanol–water partition coefficient (Wildman–Crippen LogP) is 4.23. The molecule has 0 aliphatic heterocycles. The molecule has 0 saturated carbocycles. The topological polar surface area (TPSA) is 0 Å². The number of thiophene rings is 1. The number of hydrogen-bond acceptors (Lipinski definition) is 1. The first-order valence-electron chi connectivity index (χ1n) is 4.09. The Morgan fingerprint density at radius 2 is 2.15 bits per heavy atom. The van der Waals surface area contributed by atoms with Crippen molar-refractivity contribution < 1.29 is 0 Å². The van der Waals surface area contributed by atoms with Gasteiger partial charge in [-0.2, -0.15) is 0 Å². The lowest BCUT2D eigenvalue weighted by Crippen LogP contribution is -1.76. The minimum Gasteiger partial charge on any atom is -0.139 e. The molecule has 0 bridgehead atoms. The third kappa shape index (κ3) is 1.65. The number of fused-ring (bicyclic) bond motifs is 1. The predicted molar refractivity (Wildman–Crippen MR) is 68.4 cm³/mol. The Balaban J connectivity index is 2.66. The minimum absolute atomic E-state index is 0.984. The van der Waals surface area contributed by atoms with Gasteiger partial charge in [-0.05, 0) is 28.7 Å². The third-order valence-electron chi connectivity index (χ3n) is 1.93. The summed E-state index contributed by atoms with van der Waals surface area (Å²) >= 11 is 4.29. The van der Waals surface area contributed by atoms with E-state index >= 15 is 0 Å². The molecule has 0 fully saturated rings. The van der Waals surface area contributed by atoms with Crippen molar-refractivity contribution in [2.75, 3.05) is 0 Å². The lowest BCUT2D eigenvalue weighted by atomic mass is 10.2. The van der Waals surface area contributed by atoms with E-state index in [0.29, 0.717) is 0 Å². The summed E-state index contributed by atoms with van der Waals surface area (Å²) in [6, 6.07) is 8.54. The van der Waals surface area contributed by atoms with E-state index in [4.69, 9.17) is 0 Å². The molecule has 1 heterocycles. The molecule has 13 heavy (non-hydrogen) atoms. The summed E-state index contributed by atoms with van der Waals surface area (Å²) in [6.07, 6.45) is 2.95. The summed E-state index contributed by atoms with van der Waals surface area (Å²) in [5, 5.41) is 1.38. The molecule has 2 aromatic rings. The molecule has 1 aromatic heterocycles. The zero-order chi connectivity index (χ0) is 9.26. The first kappa shape index (κ1) is 9.21. The summed E-state index contributed by atoms with van der Waals surface area (Å²) in [6.45, 7) is 3.77. The van der Waals surface area contributed by atoms with Gasteiger partial charge in [-0.3, -0.25) is 0 Å². The number of allylic oxidation sites excluding steroid dienone is 1. The highest BCUT2D eigenvalue weighted by Gasteiger charge is 2.06. The van der Waals surface area contributed by atoms with Gasteiger partial charge in [-0.25, -0.2) is 0 Å². The molecule has 0 amide bonds. The lowest BCUT2D eigenvalue weighted by Gasteiger charge is -1.90. The van der Waals surface area contributed by atoms with E-state index in [1.807, 2.05) is 17.4 Å². The average molecular weight is 300 g/mol. The van der Waals surface area contributed by atoms with Gasteiger partial charge in [-0.1, -0.05) is 24.3 Å². The smallest absolute Gasteiger partial charge is 0.0356 e. The molecule has 66 valence electrons. The third-order valence-corrected chi connectivity index (χ3v) is 4.72. The monoisotopic (exact) mass is 300 g/mol. The first-order valence-corrected chi connectivity index (χ1v) is 5.99. The Labute approximate surface area is 95.4 Å². The van der Waals surface area contributed by atoms with E-state index in [1.165, 1.54) is 18.5 Å². The lowest BCUT2D eigenvalue weighted by molar-refractivity contribution is 1.34. The van der Waals surface area contributed by atoms with Crippen LogP contribution >= 0.6 is 33.9 Å². The molecule has 0 atom stereocenters. The Bertz CT molecular complexity index is 442. The van der Waals surface area contributed by atoms with E-state index in [2.05, 4.69) is 53.4 Å². The van der Waals surface area contributed by atoms with Crippen molar-refractivity contribution in [1.82, 2.24) is 0 Å². The molecule has 1 aromatic carbocycles. The molecule has 0 nitrogen and oxygen atoms in total. The van der Waals surface area contributed by atoms with Gasteiger partial charge in [0.1, 0.15) is 0 Å². The van der Waals surface area contributed by atoms with Crippen molar-refractivity contribution in [3.05, 3.63) is 45.4 Å². The summed E-state index contributed by atoms with van der Waals surface area (Å²) < 4.78 is 2.77. The van der Waals surface area contributed by atoms with E-state index in [0.717, 1.165) is 6.42 Å². The molecule has 0 saturated heterocycles. The fourth-order valence-corrected chi connectivity index (χ4v) is 3.62. The summed E-state index contributed by atoms with van der Waals surface area (Å²) in [4.78, 5) is 1.43. The second-order valence-electron chi connectivity index (χ2n) is 2.83. The SMILES string of the molecule is C=CCc1sc2ccccc2c1I. The van der Waals surface area contributed by atoms with Crippen LogP contribution in [0.4, 0.5) is 0 Å². The molecule has 0 spiro atoms. The number of rotatable bonds is 2. The first-order chi connectivity index (χ1) is 6.33. The summed E-state index contributed by atoms with van der Waals surface area (Å²) in [5.41, 5.74) is 0. The Kier molecular flexibility index (Phi) is 2.69. The standard InChI is InChI=1S/C11H9IS/c1-2-5-10-11(12)8-6-3-4-7-9(8)13-10/h2-4,6-7H,1,5H2. The minimum atomic E-state index is 0.984. The van der Waals surface area contributed by atoms with Gasteiger partial charge in [0, 0.05) is 25.0 Å². The number of benzene rings is 1. The zero-order valence-electron chi connectivity index (χ0n) is 7.09. The fourth-order valence-electron chi connectivity index (χ4n) is 1.33. The normalized spacial score (nSPS) is 10.5. The van der Waals surface area contributed by atoms with Crippen LogP contribution in [0.2, 0.25) is 0 Å². The number of halogens is 1. The highest BCUT2D eigenvalue weighted by Crippen LogP contribution is 2.32. The Morgan fingerprint density at radius 3 is 2.85 bits per heavy atom. The van der Waals surface area contributed by atoms with Crippen LogP contribution in [-0.2, 0) is 6.42 Å². The molecule has 0 unspecified atom stereocenters. The Hall–Kier alpha value is -0.350. The largest absolute Gasteiger partial charge is 0.139 e. The molecule has 0 radical (unpaired) electrons. The van der Waals surface area contributed by atoms with Crippen molar-refractivity contribution >= 4 is 44.0 Å². The van der Waals surface area contributed by atoms with Gasteiger partial charge in [-0.15, -0.1) is 17.9 Å². The summed E-state index contributed by atoms with van der Waals surface area (Å²) in [5.74, 6) is 0. The second kappa shape index (κ2) is 3.80. The van der Waals surface area contributed by atoms with Crippen LogP contribution in [0, 0.1) is 3.57 Å². The van der Waals surface area contributed by atoms with E-state index in [1.54, 1.807) is 0 Å². The quantitative estimate of drug-likeness (QED) is 0.575. The highest BCUT2D eigenvalue weighted by atomic mass is 127. The second-order valence-corrected chi connectivity index (χ2v) is 5.04. The van der Waals surface area contributed by atoms with Gasteiger partial charge >= 0.3 is 0 Å². The van der Waals surface area contributed by atoms with Gasteiger partial charge in [0.05, 0.1) is 0 Å². The average Bonchev–Trinajstić information content (AvgIpc) is 2.46. The number of hydrogen-bond donors (Lipinski definition) is 0.